The van der Waals surface area contributed by atoms with Crippen LogP contribution in [0.3, 0.4) is 0 Å². The van der Waals surface area contributed by atoms with Crippen molar-refractivity contribution >= 4 is 11.6 Å². The number of amides is 1. The Morgan fingerprint density at radius 3 is 2.43 bits per heavy atom. The number of rotatable bonds is 5. The average Bonchev–Trinajstić information content (AvgIpc) is 2.54. The summed E-state index contributed by atoms with van der Waals surface area (Å²) in [5, 5.41) is 11.7. The van der Waals surface area contributed by atoms with Crippen molar-refractivity contribution in [3.05, 3.63) is 65.7 Å². The smallest absolute Gasteiger partial charge is 0.239 e. The number of anilines is 1. The van der Waals surface area contributed by atoms with Gasteiger partial charge in [-0.25, -0.2) is 0 Å². The molecule has 0 atom stereocenters. The van der Waals surface area contributed by atoms with Crippen molar-refractivity contribution in [2.24, 2.45) is 0 Å². The molecule has 0 bridgehead atoms. The highest BCUT2D eigenvalue weighted by Crippen LogP contribution is 2.12. The third kappa shape index (κ3) is 4.36. The predicted molar refractivity (Wildman–Crippen MR) is 82.7 cm³/mol. The van der Waals surface area contributed by atoms with Crippen LogP contribution in [0.2, 0.25) is 0 Å². The molecule has 4 heteroatoms. The van der Waals surface area contributed by atoms with E-state index in [1.54, 1.807) is 12.1 Å². The number of hydrogen-bond acceptors (Lipinski definition) is 3. The van der Waals surface area contributed by atoms with E-state index in [9.17, 15) is 4.79 Å². The molecule has 0 unspecified atom stereocenters. The molecular weight excluding hydrogens is 262 g/mol. The van der Waals surface area contributed by atoms with E-state index in [0.29, 0.717) is 12.1 Å². The fraction of sp³-hybridized carbons (Fsp3) is 0.176. The van der Waals surface area contributed by atoms with Crippen molar-refractivity contribution < 1.29 is 4.79 Å². The Morgan fingerprint density at radius 2 is 1.81 bits per heavy atom. The Labute approximate surface area is 124 Å². The topological polar surface area (TPSA) is 56.1 Å². The van der Waals surface area contributed by atoms with Crippen LogP contribution in [0.25, 0.3) is 0 Å². The number of nitriles is 1. The highest BCUT2D eigenvalue weighted by Gasteiger charge is 2.07. The van der Waals surface area contributed by atoms with Gasteiger partial charge in [0.05, 0.1) is 18.2 Å². The maximum absolute atomic E-state index is 11.9. The third-order valence-electron chi connectivity index (χ3n) is 3.15. The van der Waals surface area contributed by atoms with Crippen LogP contribution in [0.1, 0.15) is 11.1 Å². The molecule has 2 rings (SSSR count). The van der Waals surface area contributed by atoms with E-state index in [-0.39, 0.29) is 12.5 Å². The summed E-state index contributed by atoms with van der Waals surface area (Å²) in [6, 6.07) is 19.0. The van der Waals surface area contributed by atoms with E-state index < -0.39 is 0 Å². The number of nitrogens with one attached hydrogen (secondary N) is 1. The summed E-state index contributed by atoms with van der Waals surface area (Å²) in [4.78, 5) is 13.8. The van der Waals surface area contributed by atoms with E-state index in [1.165, 1.54) is 0 Å². The van der Waals surface area contributed by atoms with Crippen LogP contribution in [0, 0.1) is 11.3 Å². The number of carbonyl (C=O) groups excluding carboxylic acids is 1. The minimum absolute atomic E-state index is 0.0364. The second kappa shape index (κ2) is 7.11. The molecule has 106 valence electrons. The molecule has 0 radical (unpaired) electrons. The molecular formula is C17H17N3O. The Morgan fingerprint density at radius 1 is 1.14 bits per heavy atom. The van der Waals surface area contributed by atoms with E-state index in [1.807, 2.05) is 54.4 Å². The number of hydrogen-bond donors (Lipinski definition) is 1. The van der Waals surface area contributed by atoms with E-state index in [2.05, 4.69) is 11.4 Å². The van der Waals surface area contributed by atoms with Gasteiger partial charge in [-0.15, -0.1) is 0 Å². The van der Waals surface area contributed by atoms with Crippen molar-refractivity contribution in [2.45, 2.75) is 6.54 Å². The first kappa shape index (κ1) is 14.6. The zero-order valence-electron chi connectivity index (χ0n) is 11.9. The summed E-state index contributed by atoms with van der Waals surface area (Å²) < 4.78 is 0. The Bertz CT molecular complexity index is 629. The van der Waals surface area contributed by atoms with Gasteiger partial charge in [-0.3, -0.25) is 4.79 Å². The second-order valence-electron chi connectivity index (χ2n) is 4.78. The number of nitrogens with zero attached hydrogens (tertiary/aromatic N) is 2. The first-order valence-corrected chi connectivity index (χ1v) is 6.71. The second-order valence-corrected chi connectivity index (χ2v) is 4.78. The van der Waals surface area contributed by atoms with Crippen molar-refractivity contribution in [2.75, 3.05) is 18.5 Å². The molecule has 0 aliphatic heterocycles. The van der Waals surface area contributed by atoms with Crippen molar-refractivity contribution in [3.8, 4) is 6.07 Å². The van der Waals surface area contributed by atoms with Crippen molar-refractivity contribution in [3.63, 3.8) is 0 Å². The highest BCUT2D eigenvalue weighted by molar-refractivity contribution is 5.81. The van der Waals surface area contributed by atoms with Crippen molar-refractivity contribution in [1.82, 2.24) is 5.32 Å². The van der Waals surface area contributed by atoms with Crippen LogP contribution < -0.4 is 10.2 Å². The lowest BCUT2D eigenvalue weighted by Gasteiger charge is -2.18. The lowest BCUT2D eigenvalue weighted by atomic mass is 10.2. The standard InChI is InChI=1S/C17H17N3O/c1-20(16-9-7-14(11-18)8-10-16)13-17(21)19-12-15-5-3-2-4-6-15/h2-10H,12-13H2,1H3,(H,19,21). The Hall–Kier alpha value is -2.80. The fourth-order valence-electron chi connectivity index (χ4n) is 1.95. The maximum atomic E-state index is 11.9. The summed E-state index contributed by atoms with van der Waals surface area (Å²) in [5.41, 5.74) is 2.59. The van der Waals surface area contributed by atoms with Gasteiger partial charge in [-0.05, 0) is 29.8 Å². The molecule has 0 aliphatic carbocycles. The maximum Gasteiger partial charge on any atom is 0.239 e. The normalized spacial score (nSPS) is 9.71. The van der Waals surface area contributed by atoms with Crippen LogP contribution in [-0.2, 0) is 11.3 Å². The molecule has 0 fully saturated rings. The van der Waals surface area contributed by atoms with Crippen LogP contribution in [0.15, 0.2) is 54.6 Å². The largest absolute Gasteiger partial charge is 0.365 e. The van der Waals surface area contributed by atoms with Crippen LogP contribution >= 0.6 is 0 Å². The van der Waals surface area contributed by atoms with Crippen LogP contribution in [0.4, 0.5) is 5.69 Å². The minimum atomic E-state index is -0.0364. The zero-order valence-corrected chi connectivity index (χ0v) is 11.9. The SMILES string of the molecule is CN(CC(=O)NCc1ccccc1)c1ccc(C#N)cc1. The summed E-state index contributed by atoms with van der Waals surface area (Å²) in [7, 11) is 1.85. The van der Waals surface area contributed by atoms with Gasteiger partial charge >= 0.3 is 0 Å². The van der Waals surface area contributed by atoms with Gasteiger partial charge in [-0.2, -0.15) is 5.26 Å². The van der Waals surface area contributed by atoms with E-state index >= 15 is 0 Å². The summed E-state index contributed by atoms with van der Waals surface area (Å²) >= 11 is 0. The van der Waals surface area contributed by atoms with Gasteiger partial charge in [0.2, 0.25) is 5.91 Å². The molecule has 2 aromatic carbocycles. The average molecular weight is 279 g/mol. The monoisotopic (exact) mass is 279 g/mol. The minimum Gasteiger partial charge on any atom is -0.365 e. The van der Waals surface area contributed by atoms with E-state index in [4.69, 9.17) is 5.26 Å². The first-order chi connectivity index (χ1) is 10.2. The molecule has 4 nitrogen and oxygen atoms in total. The number of likely N-dealkylation sites (N-methyl/N-ethyl adjacent to an activating group) is 1. The molecule has 0 saturated heterocycles. The van der Waals surface area contributed by atoms with Gasteiger partial charge in [0.1, 0.15) is 0 Å². The molecule has 21 heavy (non-hydrogen) atoms. The quantitative estimate of drug-likeness (QED) is 0.913. The van der Waals surface area contributed by atoms with Gasteiger partial charge in [0, 0.05) is 19.3 Å². The number of benzene rings is 2. The summed E-state index contributed by atoms with van der Waals surface area (Å²) in [6.45, 7) is 0.805. The van der Waals surface area contributed by atoms with Crippen LogP contribution in [-0.4, -0.2) is 19.5 Å². The third-order valence-corrected chi connectivity index (χ3v) is 3.15. The lowest BCUT2D eigenvalue weighted by Crippen LogP contribution is -2.34. The molecule has 0 spiro atoms. The fourth-order valence-corrected chi connectivity index (χ4v) is 1.95. The van der Waals surface area contributed by atoms with Gasteiger partial charge in [0.25, 0.3) is 0 Å². The predicted octanol–water partition coefficient (Wildman–Crippen LogP) is 2.31. The molecule has 1 N–H and O–H groups in total. The summed E-state index contributed by atoms with van der Waals surface area (Å²) in [5.74, 6) is -0.0364. The Balaban J connectivity index is 1.85. The lowest BCUT2D eigenvalue weighted by molar-refractivity contribution is -0.119. The molecule has 0 saturated carbocycles. The Kier molecular flexibility index (Phi) is 4.94. The molecule has 1 amide bonds. The molecule has 2 aromatic rings. The summed E-state index contributed by atoms with van der Waals surface area (Å²) in [6.07, 6.45) is 0. The molecule has 0 heterocycles. The highest BCUT2D eigenvalue weighted by atomic mass is 16.2. The van der Waals surface area contributed by atoms with Crippen molar-refractivity contribution in [1.29, 1.82) is 5.26 Å². The first-order valence-electron chi connectivity index (χ1n) is 6.71. The van der Waals surface area contributed by atoms with E-state index in [0.717, 1.165) is 11.3 Å². The molecule has 0 aliphatic rings. The van der Waals surface area contributed by atoms with Gasteiger partial charge < -0.3 is 10.2 Å². The van der Waals surface area contributed by atoms with Crippen LogP contribution in [0.5, 0.6) is 0 Å². The molecule has 0 aromatic heterocycles. The number of carbonyl (C=O) groups is 1. The van der Waals surface area contributed by atoms with Gasteiger partial charge in [-0.1, -0.05) is 30.3 Å². The zero-order chi connectivity index (χ0) is 15.1. The van der Waals surface area contributed by atoms with Gasteiger partial charge in [0.15, 0.2) is 0 Å².